The van der Waals surface area contributed by atoms with E-state index in [2.05, 4.69) is 0 Å². The number of hydrogen-bond donors (Lipinski definition) is 2. The fourth-order valence-corrected chi connectivity index (χ4v) is 5.07. The average Bonchev–Trinajstić information content (AvgIpc) is 2.88. The van der Waals surface area contributed by atoms with Gasteiger partial charge in [0.25, 0.3) is 0 Å². The molecule has 0 aliphatic rings. The second-order valence-corrected chi connectivity index (χ2v) is 10.2. The number of rotatable bonds is 7. The minimum absolute atomic E-state index is 0.198. The van der Waals surface area contributed by atoms with Crippen LogP contribution in [0.2, 0.25) is 0 Å². The standard InChI is InChI=1S/C30H26FO4P/c1-21-13-17-25(18-14-21)30(26-19-15-22(2)16-20-26,28(32)24-11-7-4-8-12-24)27(29(31)36(33,34)35)23-9-5-3-6-10-23/h3-20H,1-2H3,(H2,33,34,35)/b29-27+. The molecule has 2 N–H and O–H groups in total. The molecule has 4 nitrogen and oxygen atoms in total. The van der Waals surface area contributed by atoms with Crippen LogP contribution in [0.4, 0.5) is 4.39 Å². The topological polar surface area (TPSA) is 74.6 Å². The zero-order valence-corrected chi connectivity index (χ0v) is 20.8. The first-order valence-corrected chi connectivity index (χ1v) is 13.0. The number of ketones is 1. The number of hydrogen-bond acceptors (Lipinski definition) is 2. The lowest BCUT2D eigenvalue weighted by molar-refractivity contribution is 0.0943. The van der Waals surface area contributed by atoms with E-state index in [0.717, 1.165) is 11.1 Å². The van der Waals surface area contributed by atoms with Crippen molar-refractivity contribution in [3.05, 3.63) is 148 Å². The molecule has 0 fully saturated rings. The maximum Gasteiger partial charge on any atom is 0.384 e. The fraction of sp³-hybridized carbons (Fsp3) is 0.100. The van der Waals surface area contributed by atoms with Gasteiger partial charge in [0.2, 0.25) is 5.57 Å². The van der Waals surface area contributed by atoms with Gasteiger partial charge in [-0.25, -0.2) is 0 Å². The first-order chi connectivity index (χ1) is 17.2. The van der Waals surface area contributed by atoms with E-state index in [4.69, 9.17) is 0 Å². The Hall–Kier alpha value is -3.63. The second kappa shape index (κ2) is 10.2. The molecule has 0 amide bonds. The van der Waals surface area contributed by atoms with Gasteiger partial charge in [-0.15, -0.1) is 0 Å². The summed E-state index contributed by atoms with van der Waals surface area (Å²) in [5, 5.41) is 0. The SMILES string of the molecule is Cc1ccc(C(C(=O)c2ccccc2)(/C(=C(\F)P(=O)(O)O)c2ccccc2)c2ccc(C)cc2)cc1. The molecule has 0 unspecified atom stereocenters. The molecule has 0 saturated heterocycles. The number of halogens is 1. The Kier molecular flexibility index (Phi) is 7.18. The summed E-state index contributed by atoms with van der Waals surface area (Å²) >= 11 is 0. The number of Topliss-reactive ketones (excluding diaryl/α,β-unsaturated/α-hetero) is 1. The highest BCUT2D eigenvalue weighted by Gasteiger charge is 2.50. The van der Waals surface area contributed by atoms with Crippen LogP contribution in [-0.2, 0) is 9.98 Å². The lowest BCUT2D eigenvalue weighted by atomic mass is 9.63. The monoisotopic (exact) mass is 500 g/mol. The Morgan fingerprint density at radius 3 is 1.44 bits per heavy atom. The normalized spacial score (nSPS) is 12.7. The number of carbonyl (C=O) groups is 1. The highest BCUT2D eigenvalue weighted by atomic mass is 31.2. The predicted octanol–water partition coefficient (Wildman–Crippen LogP) is 6.99. The molecule has 0 spiro atoms. The minimum atomic E-state index is -5.41. The summed E-state index contributed by atoms with van der Waals surface area (Å²) in [4.78, 5) is 34.8. The van der Waals surface area contributed by atoms with Gasteiger partial charge in [0, 0.05) is 11.1 Å². The van der Waals surface area contributed by atoms with Crippen LogP contribution in [0.3, 0.4) is 0 Å². The van der Waals surface area contributed by atoms with E-state index in [9.17, 15) is 19.1 Å². The molecule has 0 aliphatic heterocycles. The summed E-state index contributed by atoms with van der Waals surface area (Å²) in [5.41, 5.74) is -0.795. The van der Waals surface area contributed by atoms with Gasteiger partial charge in [0.15, 0.2) is 5.78 Å². The van der Waals surface area contributed by atoms with E-state index in [1.807, 2.05) is 13.8 Å². The van der Waals surface area contributed by atoms with E-state index in [1.54, 1.807) is 109 Å². The van der Waals surface area contributed by atoms with Crippen molar-refractivity contribution in [2.45, 2.75) is 19.3 Å². The Morgan fingerprint density at radius 1 is 0.667 bits per heavy atom. The van der Waals surface area contributed by atoms with E-state index in [1.165, 1.54) is 0 Å². The van der Waals surface area contributed by atoms with E-state index in [0.29, 0.717) is 11.1 Å². The van der Waals surface area contributed by atoms with Crippen LogP contribution in [0.25, 0.3) is 5.57 Å². The first kappa shape index (κ1) is 25.5. The van der Waals surface area contributed by atoms with Crippen molar-refractivity contribution in [1.29, 1.82) is 0 Å². The molecule has 0 heterocycles. The lowest BCUT2D eigenvalue weighted by Crippen LogP contribution is -2.39. The maximum atomic E-state index is 16.1. The quantitative estimate of drug-likeness (QED) is 0.212. The van der Waals surface area contributed by atoms with Crippen LogP contribution in [-0.4, -0.2) is 15.6 Å². The highest BCUT2D eigenvalue weighted by Crippen LogP contribution is 2.57. The third-order valence-corrected chi connectivity index (χ3v) is 6.98. The van der Waals surface area contributed by atoms with Crippen molar-refractivity contribution in [3.8, 4) is 0 Å². The molecule has 4 aromatic rings. The van der Waals surface area contributed by atoms with Crippen LogP contribution < -0.4 is 0 Å². The first-order valence-electron chi connectivity index (χ1n) is 11.4. The van der Waals surface area contributed by atoms with Crippen LogP contribution >= 0.6 is 7.60 Å². The second-order valence-electron chi connectivity index (χ2n) is 8.75. The molecule has 0 atom stereocenters. The summed E-state index contributed by atoms with van der Waals surface area (Å²) in [7, 11) is -5.41. The van der Waals surface area contributed by atoms with Gasteiger partial charge in [-0.1, -0.05) is 120 Å². The molecule has 36 heavy (non-hydrogen) atoms. The number of allylic oxidation sites excluding steroid dienone is 1. The number of benzene rings is 4. The van der Waals surface area contributed by atoms with Crippen molar-refractivity contribution < 1.29 is 23.5 Å². The number of carbonyl (C=O) groups excluding carboxylic acids is 1. The summed E-state index contributed by atoms with van der Waals surface area (Å²) in [6, 6.07) is 30.6. The molecule has 0 radical (unpaired) electrons. The Bertz CT molecular complexity index is 1390. The van der Waals surface area contributed by atoms with Gasteiger partial charge >= 0.3 is 7.60 Å². The lowest BCUT2D eigenvalue weighted by Gasteiger charge is -2.37. The van der Waals surface area contributed by atoms with Gasteiger partial charge in [0.05, 0.1) is 0 Å². The summed E-state index contributed by atoms with van der Waals surface area (Å²) in [6.07, 6.45) is 0. The third-order valence-electron chi connectivity index (χ3n) is 6.25. The minimum Gasteiger partial charge on any atom is -0.319 e. The van der Waals surface area contributed by atoms with Gasteiger partial charge < -0.3 is 9.79 Å². The molecular weight excluding hydrogens is 474 g/mol. The van der Waals surface area contributed by atoms with Crippen molar-refractivity contribution in [2.24, 2.45) is 0 Å². The van der Waals surface area contributed by atoms with E-state index < -0.39 is 24.4 Å². The maximum absolute atomic E-state index is 16.1. The zero-order valence-electron chi connectivity index (χ0n) is 19.9. The van der Waals surface area contributed by atoms with Crippen molar-refractivity contribution >= 4 is 19.0 Å². The molecule has 182 valence electrons. The smallest absolute Gasteiger partial charge is 0.319 e. The predicted molar refractivity (Wildman–Crippen MR) is 140 cm³/mol. The van der Waals surface area contributed by atoms with Crippen LogP contribution in [0.15, 0.2) is 115 Å². The summed E-state index contributed by atoms with van der Waals surface area (Å²) < 4.78 is 28.6. The summed E-state index contributed by atoms with van der Waals surface area (Å²) in [6.45, 7) is 3.78. The van der Waals surface area contributed by atoms with Gasteiger partial charge in [0.1, 0.15) is 5.41 Å². The molecule has 4 aromatic carbocycles. The largest absolute Gasteiger partial charge is 0.384 e. The van der Waals surface area contributed by atoms with Crippen molar-refractivity contribution in [2.75, 3.05) is 0 Å². The van der Waals surface area contributed by atoms with Gasteiger partial charge in [-0.2, -0.15) is 4.39 Å². The number of aryl methyl sites for hydroxylation is 2. The van der Waals surface area contributed by atoms with Gasteiger partial charge in [-0.3, -0.25) is 9.36 Å². The molecule has 0 saturated carbocycles. The molecule has 0 aliphatic carbocycles. The van der Waals surface area contributed by atoms with Crippen molar-refractivity contribution in [3.63, 3.8) is 0 Å². The van der Waals surface area contributed by atoms with Crippen LogP contribution in [0.5, 0.6) is 0 Å². The van der Waals surface area contributed by atoms with E-state index in [-0.39, 0.29) is 16.7 Å². The molecule has 0 aromatic heterocycles. The van der Waals surface area contributed by atoms with Crippen LogP contribution in [0, 0.1) is 13.8 Å². The van der Waals surface area contributed by atoms with Gasteiger partial charge in [-0.05, 0) is 30.5 Å². The molecule has 0 bridgehead atoms. The molecule has 6 heteroatoms. The molecule has 4 rings (SSSR count). The highest BCUT2D eigenvalue weighted by molar-refractivity contribution is 7.56. The average molecular weight is 501 g/mol. The van der Waals surface area contributed by atoms with Crippen LogP contribution in [0.1, 0.15) is 38.2 Å². The van der Waals surface area contributed by atoms with Crippen molar-refractivity contribution in [1.82, 2.24) is 0 Å². The Labute approximate surface area is 209 Å². The van der Waals surface area contributed by atoms with E-state index >= 15 is 4.39 Å². The molecular formula is C30H26FO4P. The fourth-order valence-electron chi connectivity index (χ4n) is 4.49. The zero-order chi connectivity index (χ0) is 25.9. The third kappa shape index (κ3) is 4.74. The Morgan fingerprint density at radius 2 is 1.06 bits per heavy atom. The summed E-state index contributed by atoms with van der Waals surface area (Å²) in [5.74, 6) is -0.502. The Balaban J connectivity index is 2.26.